The third-order valence-corrected chi connectivity index (χ3v) is 3.59. The van der Waals surface area contributed by atoms with Crippen molar-refractivity contribution in [2.75, 3.05) is 7.11 Å². The molecule has 19 heavy (non-hydrogen) atoms. The van der Waals surface area contributed by atoms with E-state index < -0.39 is 11.4 Å². The predicted molar refractivity (Wildman–Crippen MR) is 69.1 cm³/mol. The highest BCUT2D eigenvalue weighted by molar-refractivity contribution is 5.84. The summed E-state index contributed by atoms with van der Waals surface area (Å²) >= 11 is 0. The van der Waals surface area contributed by atoms with E-state index in [1.54, 1.807) is 13.3 Å². The van der Waals surface area contributed by atoms with Gasteiger partial charge in [-0.05, 0) is 25.0 Å². The van der Waals surface area contributed by atoms with Crippen molar-refractivity contribution in [2.24, 2.45) is 0 Å². The van der Waals surface area contributed by atoms with Gasteiger partial charge in [0.15, 0.2) is 0 Å². The second-order valence-electron chi connectivity index (χ2n) is 4.73. The van der Waals surface area contributed by atoms with Crippen LogP contribution in [-0.4, -0.2) is 28.2 Å². The minimum atomic E-state index is -0.812. The van der Waals surface area contributed by atoms with Gasteiger partial charge in [-0.3, -0.25) is 4.79 Å². The van der Waals surface area contributed by atoms with Crippen LogP contribution in [0.5, 0.6) is 5.75 Å². The molecule has 0 unspecified atom stereocenters. The first-order valence-corrected chi connectivity index (χ1v) is 6.10. The molecule has 1 aliphatic carbocycles. The summed E-state index contributed by atoms with van der Waals surface area (Å²) in [6, 6.07) is 7.57. The van der Waals surface area contributed by atoms with Gasteiger partial charge >= 0.3 is 5.97 Å². The molecule has 0 aliphatic heterocycles. The van der Waals surface area contributed by atoms with E-state index in [0.29, 0.717) is 18.7 Å². The number of hydrogen-bond acceptors (Lipinski definition) is 3. The Morgan fingerprint density at radius 1 is 1.42 bits per heavy atom. The summed E-state index contributed by atoms with van der Waals surface area (Å²) in [5.41, 5.74) is 0.852. The molecule has 1 fully saturated rings. The minimum absolute atomic E-state index is 0.529. The van der Waals surface area contributed by atoms with E-state index in [-0.39, 0.29) is 0 Å². The van der Waals surface area contributed by atoms with Crippen LogP contribution in [0.25, 0.3) is 11.3 Å². The maximum absolute atomic E-state index is 11.3. The van der Waals surface area contributed by atoms with E-state index in [0.717, 1.165) is 17.0 Å². The van der Waals surface area contributed by atoms with Gasteiger partial charge in [-0.1, -0.05) is 12.1 Å². The molecular formula is C14H14N2O3. The molecule has 0 radical (unpaired) electrons. The Hall–Kier alpha value is -2.30. The summed E-state index contributed by atoms with van der Waals surface area (Å²) in [5.74, 6) is 0.451. The molecule has 1 heterocycles. The fourth-order valence-corrected chi connectivity index (χ4v) is 2.25. The van der Waals surface area contributed by atoms with Crippen LogP contribution in [0.3, 0.4) is 0 Å². The van der Waals surface area contributed by atoms with Gasteiger partial charge in [-0.25, -0.2) is 4.98 Å². The molecule has 1 aromatic heterocycles. The van der Waals surface area contributed by atoms with Crippen molar-refractivity contribution >= 4 is 5.97 Å². The highest BCUT2D eigenvalue weighted by atomic mass is 16.5. The van der Waals surface area contributed by atoms with Crippen LogP contribution >= 0.6 is 0 Å². The van der Waals surface area contributed by atoms with E-state index in [1.807, 2.05) is 24.3 Å². The van der Waals surface area contributed by atoms with Crippen molar-refractivity contribution in [1.29, 1.82) is 0 Å². The summed E-state index contributed by atoms with van der Waals surface area (Å²) in [6.07, 6.45) is 2.94. The van der Waals surface area contributed by atoms with Crippen LogP contribution in [0.1, 0.15) is 18.7 Å². The molecule has 2 N–H and O–H groups in total. The van der Waals surface area contributed by atoms with Gasteiger partial charge in [0, 0.05) is 5.56 Å². The smallest absolute Gasteiger partial charge is 0.317 e. The molecule has 1 saturated carbocycles. The number of H-pyrrole nitrogens is 1. The number of carboxylic acid groups (broad SMARTS) is 1. The maximum Gasteiger partial charge on any atom is 0.317 e. The molecule has 98 valence electrons. The number of rotatable bonds is 4. The lowest BCUT2D eigenvalue weighted by Gasteiger charge is -2.07. The lowest BCUT2D eigenvalue weighted by Crippen LogP contribution is -2.20. The molecule has 5 nitrogen and oxygen atoms in total. The van der Waals surface area contributed by atoms with Crippen LogP contribution < -0.4 is 4.74 Å². The minimum Gasteiger partial charge on any atom is -0.496 e. The maximum atomic E-state index is 11.3. The third kappa shape index (κ3) is 1.78. The van der Waals surface area contributed by atoms with Crippen LogP contribution in [0.15, 0.2) is 30.5 Å². The zero-order chi connectivity index (χ0) is 13.5. The van der Waals surface area contributed by atoms with Gasteiger partial charge in [0.2, 0.25) is 0 Å². The van der Waals surface area contributed by atoms with Crippen molar-refractivity contribution in [2.45, 2.75) is 18.3 Å². The Morgan fingerprint density at radius 2 is 2.16 bits per heavy atom. The van der Waals surface area contributed by atoms with Gasteiger partial charge < -0.3 is 14.8 Å². The average Bonchev–Trinajstić information content (AvgIpc) is 3.11. The molecule has 0 spiro atoms. The SMILES string of the molecule is COc1ccccc1-c1cnc(C2(C(=O)O)CC2)[nH]1. The predicted octanol–water partition coefficient (Wildman–Crippen LogP) is 2.20. The molecule has 0 saturated heterocycles. The number of aliphatic carboxylic acids is 1. The number of nitrogens with zero attached hydrogens (tertiary/aromatic N) is 1. The number of carbonyl (C=O) groups is 1. The monoisotopic (exact) mass is 258 g/mol. The van der Waals surface area contributed by atoms with Crippen molar-refractivity contribution in [3.8, 4) is 17.0 Å². The third-order valence-electron chi connectivity index (χ3n) is 3.59. The molecule has 1 aromatic carbocycles. The topological polar surface area (TPSA) is 75.2 Å². The molecule has 0 atom stereocenters. The van der Waals surface area contributed by atoms with Crippen LogP contribution in [-0.2, 0) is 10.2 Å². The van der Waals surface area contributed by atoms with E-state index in [1.165, 1.54) is 0 Å². The largest absolute Gasteiger partial charge is 0.496 e. The lowest BCUT2D eigenvalue weighted by atomic mass is 10.1. The van der Waals surface area contributed by atoms with E-state index >= 15 is 0 Å². The van der Waals surface area contributed by atoms with Gasteiger partial charge in [-0.2, -0.15) is 0 Å². The van der Waals surface area contributed by atoms with Crippen LogP contribution in [0, 0.1) is 0 Å². The van der Waals surface area contributed by atoms with E-state index in [9.17, 15) is 9.90 Å². The zero-order valence-corrected chi connectivity index (χ0v) is 10.5. The normalized spacial score (nSPS) is 16.1. The molecule has 0 amide bonds. The number of methoxy groups -OCH3 is 1. The van der Waals surface area contributed by atoms with Gasteiger partial charge in [-0.15, -0.1) is 0 Å². The number of ether oxygens (including phenoxy) is 1. The standard InChI is InChI=1S/C14H14N2O3/c1-19-11-5-3-2-4-9(11)10-8-15-12(16-10)14(6-7-14)13(17)18/h2-5,8H,6-7H2,1H3,(H,15,16)(H,17,18). The Labute approximate surface area is 110 Å². The van der Waals surface area contributed by atoms with Crippen molar-refractivity contribution in [1.82, 2.24) is 9.97 Å². The number of nitrogens with one attached hydrogen (secondary N) is 1. The number of para-hydroxylation sites is 1. The van der Waals surface area contributed by atoms with Crippen LogP contribution in [0.2, 0.25) is 0 Å². The molecular weight excluding hydrogens is 244 g/mol. The molecule has 0 bridgehead atoms. The first-order chi connectivity index (χ1) is 9.17. The molecule has 1 aliphatic rings. The lowest BCUT2D eigenvalue weighted by molar-refractivity contribution is -0.140. The summed E-state index contributed by atoms with van der Waals surface area (Å²) < 4.78 is 5.29. The van der Waals surface area contributed by atoms with Crippen LogP contribution in [0.4, 0.5) is 0 Å². The van der Waals surface area contributed by atoms with Crippen molar-refractivity contribution in [3.63, 3.8) is 0 Å². The highest BCUT2D eigenvalue weighted by Crippen LogP contribution is 2.47. The Bertz CT molecular complexity index is 629. The average molecular weight is 258 g/mol. The van der Waals surface area contributed by atoms with Gasteiger partial charge in [0.25, 0.3) is 0 Å². The zero-order valence-electron chi connectivity index (χ0n) is 10.5. The second kappa shape index (κ2) is 4.12. The van der Waals surface area contributed by atoms with Crippen molar-refractivity contribution < 1.29 is 14.6 Å². The molecule has 5 heteroatoms. The summed E-state index contributed by atoms with van der Waals surface area (Å²) in [7, 11) is 1.61. The fraction of sp³-hybridized carbons (Fsp3) is 0.286. The molecule has 2 aromatic rings. The van der Waals surface area contributed by atoms with Crippen molar-refractivity contribution in [3.05, 3.63) is 36.3 Å². The highest BCUT2D eigenvalue weighted by Gasteiger charge is 2.54. The van der Waals surface area contributed by atoms with Gasteiger partial charge in [0.1, 0.15) is 17.0 Å². The Kier molecular flexibility index (Phi) is 2.55. The first kappa shape index (κ1) is 11.8. The number of aromatic nitrogens is 2. The fourth-order valence-electron chi connectivity index (χ4n) is 2.25. The number of carboxylic acids is 1. The first-order valence-electron chi connectivity index (χ1n) is 6.10. The molecule has 3 rings (SSSR count). The summed E-state index contributed by atoms with van der Waals surface area (Å²) in [5, 5.41) is 9.25. The van der Waals surface area contributed by atoms with Gasteiger partial charge in [0.05, 0.1) is 19.0 Å². The second-order valence-corrected chi connectivity index (χ2v) is 4.73. The number of aromatic amines is 1. The number of hydrogen-bond donors (Lipinski definition) is 2. The number of imidazole rings is 1. The Morgan fingerprint density at radius 3 is 2.79 bits per heavy atom. The Balaban J connectivity index is 2.00. The van der Waals surface area contributed by atoms with E-state index in [4.69, 9.17) is 4.74 Å². The van der Waals surface area contributed by atoms with E-state index in [2.05, 4.69) is 9.97 Å². The summed E-state index contributed by atoms with van der Waals surface area (Å²) in [6.45, 7) is 0. The number of benzene rings is 1. The quantitative estimate of drug-likeness (QED) is 0.881. The summed E-state index contributed by atoms with van der Waals surface area (Å²) in [4.78, 5) is 18.6.